The van der Waals surface area contributed by atoms with E-state index in [1.807, 2.05) is 0 Å². The van der Waals surface area contributed by atoms with E-state index in [0.29, 0.717) is 0 Å². The average Bonchev–Trinajstić information content (AvgIpc) is 2.72. The minimum absolute atomic E-state index is 0.844. The van der Waals surface area contributed by atoms with Crippen LogP contribution in [0.5, 0.6) is 0 Å². The first kappa shape index (κ1) is 12.3. The summed E-state index contributed by atoms with van der Waals surface area (Å²) in [5.74, 6) is 0. The van der Waals surface area contributed by atoms with E-state index in [-0.39, 0.29) is 0 Å². The van der Waals surface area contributed by atoms with Gasteiger partial charge in [-0.05, 0) is 44.4 Å². The van der Waals surface area contributed by atoms with Crippen molar-refractivity contribution in [3.8, 4) is 0 Å². The average molecular weight is 249 g/mol. The van der Waals surface area contributed by atoms with Crippen molar-refractivity contribution >= 4 is 23.0 Å². The number of hydrogen-bond donors (Lipinski definition) is 1. The summed E-state index contributed by atoms with van der Waals surface area (Å²) in [6.07, 6.45) is 1.09. The number of likely N-dealkylation sites (N-methyl/N-ethyl adjacent to an activating group) is 1. The first-order valence-corrected chi connectivity index (χ1v) is 6.37. The van der Waals surface area contributed by atoms with Gasteiger partial charge in [-0.3, -0.25) is 0 Å². The van der Waals surface area contributed by atoms with Crippen LogP contribution in [0.2, 0.25) is 0 Å². The Labute approximate surface area is 108 Å². The molecule has 1 aliphatic rings. The van der Waals surface area contributed by atoms with Crippen LogP contribution in [0.1, 0.15) is 5.56 Å². The van der Waals surface area contributed by atoms with E-state index in [4.69, 9.17) is 12.2 Å². The Balaban J connectivity index is 1.93. The molecule has 0 fully saturated rings. The number of thiocarbonyl (C=S) groups is 1. The summed E-state index contributed by atoms with van der Waals surface area (Å²) in [6, 6.07) is 8.48. The Morgan fingerprint density at radius 2 is 2.18 bits per heavy atom. The van der Waals surface area contributed by atoms with Gasteiger partial charge in [-0.15, -0.1) is 0 Å². The molecule has 0 bridgehead atoms. The Morgan fingerprint density at radius 3 is 2.94 bits per heavy atom. The van der Waals surface area contributed by atoms with Gasteiger partial charge in [0.2, 0.25) is 0 Å². The zero-order valence-electron chi connectivity index (χ0n) is 10.4. The predicted molar refractivity (Wildman–Crippen MR) is 76.6 cm³/mol. The molecular formula is C13H19N3S. The highest BCUT2D eigenvalue weighted by Crippen LogP contribution is 2.27. The second-order valence-corrected chi connectivity index (χ2v) is 4.95. The van der Waals surface area contributed by atoms with Gasteiger partial charge < -0.3 is 15.1 Å². The van der Waals surface area contributed by atoms with Crippen molar-refractivity contribution < 1.29 is 0 Å². The molecule has 4 heteroatoms. The molecule has 1 N–H and O–H groups in total. The number of hydrogen-bond acceptors (Lipinski definition) is 2. The second-order valence-electron chi connectivity index (χ2n) is 4.57. The Hall–Kier alpha value is -1.13. The number of fused-ring (bicyclic) bond motifs is 1. The van der Waals surface area contributed by atoms with Gasteiger partial charge in [0.15, 0.2) is 5.11 Å². The zero-order valence-corrected chi connectivity index (χ0v) is 11.3. The summed E-state index contributed by atoms with van der Waals surface area (Å²) < 4.78 is 0. The van der Waals surface area contributed by atoms with Gasteiger partial charge in [-0.25, -0.2) is 0 Å². The van der Waals surface area contributed by atoms with Crippen molar-refractivity contribution in [1.82, 2.24) is 10.2 Å². The van der Waals surface area contributed by atoms with Crippen molar-refractivity contribution in [2.24, 2.45) is 0 Å². The molecule has 17 heavy (non-hydrogen) atoms. The van der Waals surface area contributed by atoms with Crippen molar-refractivity contribution in [3.05, 3.63) is 29.8 Å². The van der Waals surface area contributed by atoms with E-state index in [9.17, 15) is 0 Å². The maximum atomic E-state index is 5.44. The van der Waals surface area contributed by atoms with Crippen molar-refractivity contribution in [2.75, 3.05) is 38.6 Å². The van der Waals surface area contributed by atoms with Crippen molar-refractivity contribution in [3.63, 3.8) is 0 Å². The van der Waals surface area contributed by atoms with Crippen molar-refractivity contribution in [1.29, 1.82) is 0 Å². The molecule has 1 aliphatic heterocycles. The third-order valence-electron chi connectivity index (χ3n) is 2.97. The molecule has 0 aromatic heterocycles. The minimum Gasteiger partial charge on any atom is -0.361 e. The fourth-order valence-corrected chi connectivity index (χ4v) is 2.32. The number of rotatable bonds is 3. The summed E-state index contributed by atoms with van der Waals surface area (Å²) in [7, 11) is 4.13. The highest BCUT2D eigenvalue weighted by Gasteiger charge is 2.21. The molecule has 1 heterocycles. The summed E-state index contributed by atoms with van der Waals surface area (Å²) in [5, 5.41) is 4.16. The van der Waals surface area contributed by atoms with Crippen LogP contribution in [-0.4, -0.2) is 43.7 Å². The number of nitrogens with one attached hydrogen (secondary N) is 1. The maximum absolute atomic E-state index is 5.44. The quantitative estimate of drug-likeness (QED) is 0.818. The van der Waals surface area contributed by atoms with E-state index in [1.54, 1.807) is 0 Å². The smallest absolute Gasteiger partial charge is 0.173 e. The molecule has 0 aliphatic carbocycles. The molecule has 0 saturated heterocycles. The lowest BCUT2D eigenvalue weighted by molar-refractivity contribution is 0.413. The molecule has 0 saturated carbocycles. The lowest BCUT2D eigenvalue weighted by Crippen LogP contribution is -2.41. The van der Waals surface area contributed by atoms with Crippen LogP contribution < -0.4 is 10.2 Å². The van der Waals surface area contributed by atoms with Crippen LogP contribution in [0.4, 0.5) is 5.69 Å². The second kappa shape index (κ2) is 5.47. The van der Waals surface area contributed by atoms with Crippen LogP contribution in [0.25, 0.3) is 0 Å². The lowest BCUT2D eigenvalue weighted by atomic mass is 10.2. The van der Waals surface area contributed by atoms with Crippen LogP contribution in [0.3, 0.4) is 0 Å². The van der Waals surface area contributed by atoms with E-state index >= 15 is 0 Å². The maximum Gasteiger partial charge on any atom is 0.173 e. The molecule has 0 spiro atoms. The third-order valence-corrected chi connectivity index (χ3v) is 3.33. The predicted octanol–water partition coefficient (Wildman–Crippen LogP) is 1.49. The first-order chi connectivity index (χ1) is 8.18. The SMILES string of the molecule is CN(C)CCNC(=S)N1CCc2ccccc21. The molecule has 0 unspecified atom stereocenters. The van der Waals surface area contributed by atoms with E-state index in [2.05, 4.69) is 53.5 Å². The number of anilines is 1. The summed E-state index contributed by atoms with van der Waals surface area (Å²) in [6.45, 7) is 2.88. The minimum atomic E-state index is 0.844. The van der Waals surface area contributed by atoms with E-state index < -0.39 is 0 Å². The molecule has 0 atom stereocenters. The summed E-state index contributed by atoms with van der Waals surface area (Å²) in [4.78, 5) is 4.34. The fraction of sp³-hybridized carbons (Fsp3) is 0.462. The standard InChI is InChI=1S/C13H19N3S/c1-15(2)10-8-14-13(17)16-9-7-11-5-3-4-6-12(11)16/h3-6H,7-10H2,1-2H3,(H,14,17). The largest absolute Gasteiger partial charge is 0.361 e. The molecule has 0 radical (unpaired) electrons. The Kier molecular flexibility index (Phi) is 3.97. The highest BCUT2D eigenvalue weighted by molar-refractivity contribution is 7.80. The Bertz CT molecular complexity index is 403. The molecule has 3 nitrogen and oxygen atoms in total. The van der Waals surface area contributed by atoms with Gasteiger partial charge in [0.05, 0.1) is 0 Å². The zero-order chi connectivity index (χ0) is 12.3. The third kappa shape index (κ3) is 2.96. The lowest BCUT2D eigenvalue weighted by Gasteiger charge is -2.22. The molecule has 1 aromatic rings. The van der Waals surface area contributed by atoms with Crippen LogP contribution >= 0.6 is 12.2 Å². The molecule has 2 rings (SSSR count). The summed E-state index contributed by atoms with van der Waals surface area (Å²) >= 11 is 5.44. The molecular weight excluding hydrogens is 230 g/mol. The van der Waals surface area contributed by atoms with E-state index in [0.717, 1.165) is 31.2 Å². The van der Waals surface area contributed by atoms with Crippen LogP contribution in [0.15, 0.2) is 24.3 Å². The topological polar surface area (TPSA) is 18.5 Å². The molecule has 92 valence electrons. The first-order valence-electron chi connectivity index (χ1n) is 5.96. The normalized spacial score (nSPS) is 13.9. The molecule has 1 aromatic carbocycles. The van der Waals surface area contributed by atoms with Crippen LogP contribution in [-0.2, 0) is 6.42 Å². The molecule has 0 amide bonds. The van der Waals surface area contributed by atoms with Gasteiger partial charge in [-0.1, -0.05) is 18.2 Å². The van der Waals surface area contributed by atoms with Crippen molar-refractivity contribution in [2.45, 2.75) is 6.42 Å². The Morgan fingerprint density at radius 1 is 1.41 bits per heavy atom. The van der Waals surface area contributed by atoms with Gasteiger partial charge in [0.1, 0.15) is 0 Å². The number of benzene rings is 1. The van der Waals surface area contributed by atoms with Crippen LogP contribution in [0, 0.1) is 0 Å². The van der Waals surface area contributed by atoms with Gasteiger partial charge in [0.25, 0.3) is 0 Å². The monoisotopic (exact) mass is 249 g/mol. The number of nitrogens with zero attached hydrogens (tertiary/aromatic N) is 2. The summed E-state index contributed by atoms with van der Waals surface area (Å²) in [5.41, 5.74) is 2.65. The fourth-order valence-electron chi connectivity index (χ4n) is 2.03. The van der Waals surface area contributed by atoms with E-state index in [1.165, 1.54) is 11.3 Å². The van der Waals surface area contributed by atoms with Gasteiger partial charge in [-0.2, -0.15) is 0 Å². The van der Waals surface area contributed by atoms with Gasteiger partial charge >= 0.3 is 0 Å². The van der Waals surface area contributed by atoms with Gasteiger partial charge in [0, 0.05) is 25.3 Å². The highest BCUT2D eigenvalue weighted by atomic mass is 32.1. The number of para-hydroxylation sites is 1.